The summed E-state index contributed by atoms with van der Waals surface area (Å²) in [7, 11) is -1.98. The Kier molecular flexibility index (Phi) is 6.06. The molecule has 1 N–H and O–H groups in total. The molecule has 0 fully saturated rings. The number of pyridine rings is 1. The largest absolute Gasteiger partial charge is 0.320 e. The molecule has 1 aromatic heterocycles. The van der Waals surface area contributed by atoms with Crippen LogP contribution in [0.25, 0.3) is 10.9 Å². The fourth-order valence-corrected chi connectivity index (χ4v) is 4.07. The maximum atomic E-state index is 12.6. The van der Waals surface area contributed by atoms with Gasteiger partial charge in [0.15, 0.2) is 0 Å². The summed E-state index contributed by atoms with van der Waals surface area (Å²) in [6.45, 7) is 2.48. The van der Waals surface area contributed by atoms with Gasteiger partial charge < -0.3 is 5.32 Å². The zero-order valence-corrected chi connectivity index (χ0v) is 16.7. The third-order valence-corrected chi connectivity index (χ3v) is 6.40. The number of aromatic nitrogens is 1. The number of hydrogen-bond donors (Lipinski definition) is 1. The van der Waals surface area contributed by atoms with E-state index in [-0.39, 0.29) is 10.8 Å². The minimum Gasteiger partial charge on any atom is -0.320 e. The third kappa shape index (κ3) is 4.21. The van der Waals surface area contributed by atoms with E-state index in [1.54, 1.807) is 19.3 Å². The van der Waals surface area contributed by atoms with Crippen molar-refractivity contribution in [2.75, 3.05) is 18.9 Å². The fraction of sp³-hybridized carbons (Fsp3) is 0.238. The molecule has 3 aromatic rings. The first-order valence-corrected chi connectivity index (χ1v) is 10.6. The Bertz CT molecular complexity index is 1070. The highest BCUT2D eigenvalue weighted by atomic mass is 32.2. The highest BCUT2D eigenvalue weighted by molar-refractivity contribution is 7.89. The van der Waals surface area contributed by atoms with Gasteiger partial charge in [0.1, 0.15) is 0 Å². The Morgan fingerprint density at radius 3 is 2.50 bits per heavy atom. The molecule has 0 aliphatic heterocycles. The van der Waals surface area contributed by atoms with Gasteiger partial charge in [0.2, 0.25) is 10.0 Å². The van der Waals surface area contributed by atoms with Crippen molar-refractivity contribution < 1.29 is 13.2 Å². The van der Waals surface area contributed by atoms with Crippen LogP contribution in [0.1, 0.15) is 30.1 Å². The number of amides is 1. The predicted octanol–water partition coefficient (Wildman–Crippen LogP) is 3.91. The summed E-state index contributed by atoms with van der Waals surface area (Å²) in [6.07, 6.45) is 3.39. The molecule has 0 atom stereocenters. The Balaban J connectivity index is 1.78. The maximum absolute atomic E-state index is 12.6. The van der Waals surface area contributed by atoms with E-state index < -0.39 is 10.0 Å². The topological polar surface area (TPSA) is 79.4 Å². The quantitative estimate of drug-likeness (QED) is 0.656. The molecule has 28 heavy (non-hydrogen) atoms. The zero-order chi connectivity index (χ0) is 20.1. The minimum atomic E-state index is -3.55. The van der Waals surface area contributed by atoms with Gasteiger partial charge in [-0.25, -0.2) is 12.7 Å². The Labute approximate surface area is 165 Å². The number of nitrogens with one attached hydrogen (secondary N) is 1. The van der Waals surface area contributed by atoms with Gasteiger partial charge in [-0.15, -0.1) is 0 Å². The molecule has 0 unspecified atom stereocenters. The van der Waals surface area contributed by atoms with Gasteiger partial charge in [-0.05, 0) is 42.8 Å². The SMILES string of the molecule is CCCCN(C)S(=O)(=O)c1ccc(C(=O)Nc2cccc3cccnc23)cc1. The molecule has 146 valence electrons. The second-order valence-electron chi connectivity index (χ2n) is 6.54. The van der Waals surface area contributed by atoms with Gasteiger partial charge in [0, 0.05) is 30.7 Å². The van der Waals surface area contributed by atoms with Crippen molar-refractivity contribution in [2.45, 2.75) is 24.7 Å². The van der Waals surface area contributed by atoms with Crippen molar-refractivity contribution in [3.05, 3.63) is 66.4 Å². The summed E-state index contributed by atoms with van der Waals surface area (Å²) >= 11 is 0. The van der Waals surface area contributed by atoms with Crippen molar-refractivity contribution >= 4 is 32.5 Å². The lowest BCUT2D eigenvalue weighted by Gasteiger charge is -2.17. The van der Waals surface area contributed by atoms with E-state index >= 15 is 0 Å². The Morgan fingerprint density at radius 1 is 1.07 bits per heavy atom. The van der Waals surface area contributed by atoms with Gasteiger partial charge in [0.05, 0.1) is 16.1 Å². The monoisotopic (exact) mass is 397 g/mol. The number of fused-ring (bicyclic) bond motifs is 1. The number of rotatable bonds is 7. The number of unbranched alkanes of at least 4 members (excludes halogenated alkanes) is 1. The number of sulfonamides is 1. The minimum absolute atomic E-state index is 0.175. The molecule has 1 amide bonds. The average Bonchev–Trinajstić information content (AvgIpc) is 2.72. The third-order valence-electron chi connectivity index (χ3n) is 4.53. The normalized spacial score (nSPS) is 11.7. The number of nitrogens with zero attached hydrogens (tertiary/aromatic N) is 2. The first-order valence-electron chi connectivity index (χ1n) is 9.15. The van der Waals surface area contributed by atoms with Crippen molar-refractivity contribution in [3.8, 4) is 0 Å². The number of benzene rings is 2. The smallest absolute Gasteiger partial charge is 0.255 e. The molecule has 0 radical (unpaired) electrons. The van der Waals surface area contributed by atoms with Gasteiger partial charge in [-0.3, -0.25) is 9.78 Å². The summed E-state index contributed by atoms with van der Waals surface area (Å²) in [4.78, 5) is 17.1. The van der Waals surface area contributed by atoms with Gasteiger partial charge in [-0.1, -0.05) is 31.5 Å². The van der Waals surface area contributed by atoms with Crippen LogP contribution in [0, 0.1) is 0 Å². The molecule has 0 bridgehead atoms. The summed E-state index contributed by atoms with van der Waals surface area (Å²) in [5.41, 5.74) is 1.69. The van der Waals surface area contributed by atoms with Gasteiger partial charge in [-0.2, -0.15) is 0 Å². The van der Waals surface area contributed by atoms with E-state index in [9.17, 15) is 13.2 Å². The first kappa shape index (κ1) is 20.0. The lowest BCUT2D eigenvalue weighted by Crippen LogP contribution is -2.28. The molecule has 2 aromatic carbocycles. The van der Waals surface area contributed by atoms with Crippen LogP contribution >= 0.6 is 0 Å². The predicted molar refractivity (Wildman–Crippen MR) is 111 cm³/mol. The number of carbonyl (C=O) groups excluding carboxylic acids is 1. The highest BCUT2D eigenvalue weighted by Gasteiger charge is 2.20. The van der Waals surface area contributed by atoms with Crippen molar-refractivity contribution in [1.82, 2.24) is 9.29 Å². The van der Waals surface area contributed by atoms with Gasteiger partial charge in [0.25, 0.3) is 5.91 Å². The maximum Gasteiger partial charge on any atom is 0.255 e. The highest BCUT2D eigenvalue weighted by Crippen LogP contribution is 2.22. The van der Waals surface area contributed by atoms with E-state index in [1.165, 1.54) is 28.6 Å². The summed E-state index contributed by atoms with van der Waals surface area (Å²) in [6, 6.07) is 15.3. The van der Waals surface area contributed by atoms with Crippen LogP contribution in [0.2, 0.25) is 0 Å². The Morgan fingerprint density at radius 2 is 1.79 bits per heavy atom. The molecule has 3 rings (SSSR count). The standard InChI is InChI=1S/C21H23N3O3S/c1-3-4-15-24(2)28(26,27)18-12-10-17(11-13-18)21(25)23-19-9-5-7-16-8-6-14-22-20(16)19/h5-14H,3-4,15H2,1-2H3,(H,23,25). The van der Waals surface area contributed by atoms with Crippen LogP contribution in [0.15, 0.2) is 65.7 Å². The fourth-order valence-electron chi connectivity index (χ4n) is 2.86. The molecule has 0 saturated heterocycles. The van der Waals surface area contributed by atoms with Crippen LogP contribution < -0.4 is 5.32 Å². The average molecular weight is 398 g/mol. The van der Waals surface area contributed by atoms with Crippen molar-refractivity contribution in [2.24, 2.45) is 0 Å². The lowest BCUT2D eigenvalue weighted by atomic mass is 10.1. The molecule has 0 aliphatic carbocycles. The zero-order valence-electron chi connectivity index (χ0n) is 15.9. The van der Waals surface area contributed by atoms with Crippen LogP contribution in [0.3, 0.4) is 0 Å². The first-order chi connectivity index (χ1) is 13.4. The molecule has 6 nitrogen and oxygen atoms in total. The molecular weight excluding hydrogens is 374 g/mol. The van der Waals surface area contributed by atoms with Crippen LogP contribution in [-0.4, -0.2) is 37.2 Å². The number of anilines is 1. The van der Waals surface area contributed by atoms with E-state index in [0.717, 1.165) is 18.2 Å². The van der Waals surface area contributed by atoms with E-state index in [1.807, 2.05) is 31.2 Å². The molecule has 0 aliphatic rings. The van der Waals surface area contributed by atoms with E-state index in [0.29, 0.717) is 23.3 Å². The van der Waals surface area contributed by atoms with Crippen LogP contribution in [0.5, 0.6) is 0 Å². The van der Waals surface area contributed by atoms with E-state index in [2.05, 4.69) is 10.3 Å². The molecule has 7 heteroatoms. The molecular formula is C21H23N3O3S. The number of para-hydroxylation sites is 1. The van der Waals surface area contributed by atoms with Gasteiger partial charge >= 0.3 is 0 Å². The van der Waals surface area contributed by atoms with Crippen LogP contribution in [0.4, 0.5) is 5.69 Å². The summed E-state index contributed by atoms with van der Waals surface area (Å²) < 4.78 is 26.5. The molecule has 0 saturated carbocycles. The summed E-state index contributed by atoms with van der Waals surface area (Å²) in [5, 5.41) is 3.78. The number of hydrogen-bond acceptors (Lipinski definition) is 4. The Hall–Kier alpha value is -2.77. The second kappa shape index (κ2) is 8.50. The summed E-state index contributed by atoms with van der Waals surface area (Å²) in [5.74, 6) is -0.318. The van der Waals surface area contributed by atoms with Crippen molar-refractivity contribution in [1.29, 1.82) is 0 Å². The van der Waals surface area contributed by atoms with Crippen molar-refractivity contribution in [3.63, 3.8) is 0 Å². The number of carbonyl (C=O) groups is 1. The van der Waals surface area contributed by atoms with Crippen LogP contribution in [-0.2, 0) is 10.0 Å². The molecule has 1 heterocycles. The second-order valence-corrected chi connectivity index (χ2v) is 8.58. The van der Waals surface area contributed by atoms with E-state index in [4.69, 9.17) is 0 Å². The molecule has 0 spiro atoms. The lowest BCUT2D eigenvalue weighted by molar-refractivity contribution is 0.102.